The van der Waals surface area contributed by atoms with Crippen molar-refractivity contribution in [1.82, 2.24) is 24.6 Å². The Morgan fingerprint density at radius 3 is 3.05 bits per heavy atom. The van der Waals surface area contributed by atoms with Gasteiger partial charge in [0.05, 0.1) is 17.3 Å². The van der Waals surface area contributed by atoms with E-state index in [1.54, 1.807) is 17.7 Å². The maximum absolute atomic E-state index is 5.89. The molecule has 0 saturated carbocycles. The monoisotopic (exact) mass is 321 g/mol. The third-order valence-corrected chi connectivity index (χ3v) is 5.07. The standard InChI is InChI=1S/C15H23N5OS/c1-4-20-10-16-18-14(20)13-8-19(5-6-21-13)7-12-9-22-15(17-12)11(2)3/h9-11,13H,4-8H2,1-3H3/t13-/m1/s1. The lowest BCUT2D eigenvalue weighted by Gasteiger charge is -2.31. The lowest BCUT2D eigenvalue weighted by Crippen LogP contribution is -2.38. The predicted octanol–water partition coefficient (Wildman–Crippen LogP) is 2.45. The zero-order valence-electron chi connectivity index (χ0n) is 13.4. The second-order valence-electron chi connectivity index (χ2n) is 5.90. The van der Waals surface area contributed by atoms with Crippen LogP contribution in [-0.4, -0.2) is 44.3 Å². The molecule has 0 unspecified atom stereocenters. The van der Waals surface area contributed by atoms with Gasteiger partial charge in [-0.2, -0.15) is 0 Å². The van der Waals surface area contributed by atoms with Crippen molar-refractivity contribution < 1.29 is 4.74 Å². The fraction of sp³-hybridized carbons (Fsp3) is 0.667. The summed E-state index contributed by atoms with van der Waals surface area (Å²) in [6, 6.07) is 0. The molecular weight excluding hydrogens is 298 g/mol. The van der Waals surface area contributed by atoms with E-state index in [1.807, 2.05) is 4.57 Å². The summed E-state index contributed by atoms with van der Waals surface area (Å²) in [5, 5.41) is 11.6. The van der Waals surface area contributed by atoms with Gasteiger partial charge in [-0.3, -0.25) is 4.90 Å². The molecule has 6 nitrogen and oxygen atoms in total. The smallest absolute Gasteiger partial charge is 0.163 e. The van der Waals surface area contributed by atoms with Crippen molar-refractivity contribution in [1.29, 1.82) is 0 Å². The molecule has 7 heteroatoms. The minimum absolute atomic E-state index is 0.000551. The predicted molar refractivity (Wildman–Crippen MR) is 85.9 cm³/mol. The maximum Gasteiger partial charge on any atom is 0.163 e. The van der Waals surface area contributed by atoms with Gasteiger partial charge in [-0.05, 0) is 6.92 Å². The van der Waals surface area contributed by atoms with E-state index >= 15 is 0 Å². The summed E-state index contributed by atoms with van der Waals surface area (Å²) in [6.07, 6.45) is 1.77. The number of hydrogen-bond acceptors (Lipinski definition) is 6. The molecule has 3 rings (SSSR count). The van der Waals surface area contributed by atoms with Crippen LogP contribution in [0.5, 0.6) is 0 Å². The molecule has 0 amide bonds. The lowest BCUT2D eigenvalue weighted by molar-refractivity contribution is -0.0391. The summed E-state index contributed by atoms with van der Waals surface area (Å²) in [5.41, 5.74) is 1.16. The SMILES string of the molecule is CCn1cnnc1[C@H]1CN(Cc2csc(C(C)C)n2)CCO1. The molecule has 2 aromatic rings. The van der Waals surface area contributed by atoms with Crippen molar-refractivity contribution in [2.45, 2.75) is 45.9 Å². The van der Waals surface area contributed by atoms with Gasteiger partial charge in [-0.1, -0.05) is 13.8 Å². The molecule has 1 aliphatic rings. The average molecular weight is 321 g/mol. The molecule has 1 atom stereocenters. The van der Waals surface area contributed by atoms with E-state index in [4.69, 9.17) is 9.72 Å². The van der Waals surface area contributed by atoms with E-state index in [9.17, 15) is 0 Å². The zero-order chi connectivity index (χ0) is 15.5. The second-order valence-corrected chi connectivity index (χ2v) is 6.79. The summed E-state index contributed by atoms with van der Waals surface area (Å²) in [4.78, 5) is 7.12. The molecule has 0 radical (unpaired) electrons. The van der Waals surface area contributed by atoms with Gasteiger partial charge in [0.1, 0.15) is 12.4 Å². The summed E-state index contributed by atoms with van der Waals surface area (Å²) < 4.78 is 7.94. The number of ether oxygens (including phenoxy) is 1. The molecule has 0 bridgehead atoms. The molecule has 0 aromatic carbocycles. The molecule has 0 aliphatic carbocycles. The Balaban J connectivity index is 1.65. The molecule has 1 aliphatic heterocycles. The molecule has 1 saturated heterocycles. The van der Waals surface area contributed by atoms with Crippen molar-refractivity contribution in [3.05, 3.63) is 28.2 Å². The Labute approximate surface area is 135 Å². The number of nitrogens with zero attached hydrogens (tertiary/aromatic N) is 5. The van der Waals surface area contributed by atoms with Gasteiger partial charge in [0.15, 0.2) is 5.82 Å². The lowest BCUT2D eigenvalue weighted by atomic mass is 10.2. The van der Waals surface area contributed by atoms with Gasteiger partial charge in [-0.25, -0.2) is 4.98 Å². The molecule has 2 aromatic heterocycles. The Morgan fingerprint density at radius 2 is 2.32 bits per heavy atom. The number of aryl methyl sites for hydroxylation is 1. The van der Waals surface area contributed by atoms with E-state index in [2.05, 4.69) is 41.2 Å². The van der Waals surface area contributed by atoms with E-state index in [-0.39, 0.29) is 6.10 Å². The molecule has 0 N–H and O–H groups in total. The van der Waals surface area contributed by atoms with Crippen LogP contribution < -0.4 is 0 Å². The van der Waals surface area contributed by atoms with Gasteiger partial charge in [-0.15, -0.1) is 21.5 Å². The van der Waals surface area contributed by atoms with Crippen LogP contribution in [0.25, 0.3) is 0 Å². The van der Waals surface area contributed by atoms with E-state index < -0.39 is 0 Å². The number of hydrogen-bond donors (Lipinski definition) is 0. The van der Waals surface area contributed by atoms with Crippen LogP contribution >= 0.6 is 11.3 Å². The Kier molecular flexibility index (Phi) is 4.85. The van der Waals surface area contributed by atoms with Crippen LogP contribution in [0.2, 0.25) is 0 Å². The molecule has 3 heterocycles. The summed E-state index contributed by atoms with van der Waals surface area (Å²) >= 11 is 1.76. The van der Waals surface area contributed by atoms with Crippen LogP contribution in [0.15, 0.2) is 11.7 Å². The second kappa shape index (κ2) is 6.85. The fourth-order valence-corrected chi connectivity index (χ4v) is 3.47. The topological polar surface area (TPSA) is 56.1 Å². The number of morpholine rings is 1. The zero-order valence-corrected chi connectivity index (χ0v) is 14.2. The Hall–Kier alpha value is -1.31. The highest BCUT2D eigenvalue weighted by Crippen LogP contribution is 2.24. The van der Waals surface area contributed by atoms with E-state index in [0.717, 1.165) is 44.3 Å². The summed E-state index contributed by atoms with van der Waals surface area (Å²) in [5.74, 6) is 1.42. The fourth-order valence-electron chi connectivity index (χ4n) is 2.65. The highest BCUT2D eigenvalue weighted by molar-refractivity contribution is 7.09. The third kappa shape index (κ3) is 3.37. The van der Waals surface area contributed by atoms with Gasteiger partial charge in [0.2, 0.25) is 0 Å². The van der Waals surface area contributed by atoms with Crippen molar-refractivity contribution in [2.75, 3.05) is 19.7 Å². The molecule has 120 valence electrons. The minimum Gasteiger partial charge on any atom is -0.368 e. The highest BCUT2D eigenvalue weighted by atomic mass is 32.1. The average Bonchev–Trinajstić information content (AvgIpc) is 3.16. The maximum atomic E-state index is 5.89. The minimum atomic E-state index is -0.000551. The van der Waals surface area contributed by atoms with Gasteiger partial charge in [0.25, 0.3) is 0 Å². The largest absolute Gasteiger partial charge is 0.368 e. The van der Waals surface area contributed by atoms with Crippen LogP contribution in [0.3, 0.4) is 0 Å². The Bertz CT molecular complexity index is 609. The van der Waals surface area contributed by atoms with E-state index in [1.165, 1.54) is 5.01 Å². The van der Waals surface area contributed by atoms with Gasteiger partial charge < -0.3 is 9.30 Å². The first-order valence-corrected chi connectivity index (χ1v) is 8.71. The normalized spacial score (nSPS) is 19.9. The van der Waals surface area contributed by atoms with Crippen molar-refractivity contribution in [2.24, 2.45) is 0 Å². The van der Waals surface area contributed by atoms with Crippen LogP contribution in [-0.2, 0) is 17.8 Å². The summed E-state index contributed by atoms with van der Waals surface area (Å²) in [7, 11) is 0. The Morgan fingerprint density at radius 1 is 1.45 bits per heavy atom. The van der Waals surface area contributed by atoms with Gasteiger partial charge in [0, 0.05) is 37.5 Å². The van der Waals surface area contributed by atoms with E-state index in [0.29, 0.717) is 5.92 Å². The van der Waals surface area contributed by atoms with Crippen molar-refractivity contribution in [3.63, 3.8) is 0 Å². The van der Waals surface area contributed by atoms with Crippen molar-refractivity contribution >= 4 is 11.3 Å². The van der Waals surface area contributed by atoms with Crippen LogP contribution in [0.4, 0.5) is 0 Å². The molecule has 0 spiro atoms. The van der Waals surface area contributed by atoms with Crippen LogP contribution in [0, 0.1) is 0 Å². The number of rotatable bonds is 5. The molecular formula is C15H23N5OS. The third-order valence-electron chi connectivity index (χ3n) is 3.87. The molecule has 1 fully saturated rings. The number of aromatic nitrogens is 4. The number of thiazole rings is 1. The van der Waals surface area contributed by atoms with Crippen molar-refractivity contribution in [3.8, 4) is 0 Å². The first kappa shape index (κ1) is 15.6. The quantitative estimate of drug-likeness (QED) is 0.846. The van der Waals surface area contributed by atoms with Crippen LogP contribution in [0.1, 0.15) is 49.3 Å². The highest BCUT2D eigenvalue weighted by Gasteiger charge is 2.26. The molecule has 22 heavy (non-hydrogen) atoms. The summed E-state index contributed by atoms with van der Waals surface area (Å²) in [6.45, 7) is 10.7. The first-order chi connectivity index (χ1) is 10.7. The first-order valence-electron chi connectivity index (χ1n) is 7.83. The van der Waals surface area contributed by atoms with Gasteiger partial charge >= 0.3 is 0 Å².